The first-order chi connectivity index (χ1) is 9.52. The topological polar surface area (TPSA) is 41.6 Å². The molecule has 112 valence electrons. The Morgan fingerprint density at radius 3 is 2.75 bits per heavy atom. The average Bonchev–Trinajstić information content (AvgIpc) is 2.42. The lowest BCUT2D eigenvalue weighted by atomic mass is 10.2. The van der Waals surface area contributed by atoms with Gasteiger partial charge in [-0.1, -0.05) is 13.0 Å². The molecule has 0 heterocycles. The molecule has 0 aliphatic rings. The molecule has 1 rings (SSSR count). The fourth-order valence-corrected chi connectivity index (χ4v) is 2.24. The van der Waals surface area contributed by atoms with E-state index in [1.54, 1.807) is 0 Å². The van der Waals surface area contributed by atoms with Gasteiger partial charge in [0, 0.05) is 6.54 Å². The number of nitrogens with one attached hydrogen (secondary N) is 1. The van der Waals surface area contributed by atoms with E-state index in [9.17, 15) is 4.79 Å². The van der Waals surface area contributed by atoms with E-state index < -0.39 is 0 Å². The SMILES string of the molecule is CCc1ccc(OCC(=O)NCCCN(C)C)c(Br)c1. The van der Waals surface area contributed by atoms with Crippen LogP contribution >= 0.6 is 15.9 Å². The van der Waals surface area contributed by atoms with Crippen molar-refractivity contribution >= 4 is 21.8 Å². The number of aryl methyl sites for hydroxylation is 1. The van der Waals surface area contributed by atoms with E-state index in [1.165, 1.54) is 5.56 Å². The number of hydrogen-bond donors (Lipinski definition) is 1. The first-order valence-corrected chi connectivity index (χ1v) is 7.65. The van der Waals surface area contributed by atoms with Crippen LogP contribution in [-0.4, -0.2) is 44.6 Å². The number of rotatable bonds is 8. The standard InChI is InChI=1S/C15H23BrN2O2/c1-4-12-6-7-14(13(16)10-12)20-11-15(19)17-8-5-9-18(2)3/h6-7,10H,4-5,8-9,11H2,1-3H3,(H,17,19). The molecule has 0 saturated heterocycles. The Morgan fingerprint density at radius 1 is 1.40 bits per heavy atom. The summed E-state index contributed by atoms with van der Waals surface area (Å²) >= 11 is 3.46. The number of halogens is 1. The van der Waals surface area contributed by atoms with Gasteiger partial charge in [0.1, 0.15) is 5.75 Å². The molecule has 0 aliphatic carbocycles. The third kappa shape index (κ3) is 6.39. The van der Waals surface area contributed by atoms with Crippen LogP contribution in [0.25, 0.3) is 0 Å². The van der Waals surface area contributed by atoms with Crippen molar-refractivity contribution in [3.05, 3.63) is 28.2 Å². The highest BCUT2D eigenvalue weighted by Gasteiger charge is 2.06. The van der Waals surface area contributed by atoms with Crippen molar-refractivity contribution in [2.24, 2.45) is 0 Å². The van der Waals surface area contributed by atoms with E-state index in [0.717, 1.165) is 23.9 Å². The molecule has 0 radical (unpaired) electrons. The Balaban J connectivity index is 2.30. The summed E-state index contributed by atoms with van der Waals surface area (Å²) in [6.07, 6.45) is 1.92. The van der Waals surface area contributed by atoms with Crippen LogP contribution in [-0.2, 0) is 11.2 Å². The largest absolute Gasteiger partial charge is 0.483 e. The molecular weight excluding hydrogens is 320 g/mol. The van der Waals surface area contributed by atoms with Crippen LogP contribution in [0, 0.1) is 0 Å². The van der Waals surface area contributed by atoms with Crippen molar-refractivity contribution in [2.45, 2.75) is 19.8 Å². The van der Waals surface area contributed by atoms with Crippen molar-refractivity contribution in [3.63, 3.8) is 0 Å². The number of nitrogens with zero attached hydrogens (tertiary/aromatic N) is 1. The van der Waals surface area contributed by atoms with Gasteiger partial charge < -0.3 is 15.0 Å². The zero-order chi connectivity index (χ0) is 15.0. The number of carbonyl (C=O) groups excluding carboxylic acids is 1. The Hall–Kier alpha value is -1.07. The molecule has 0 aliphatic heterocycles. The second-order valence-electron chi connectivity index (χ2n) is 4.91. The monoisotopic (exact) mass is 342 g/mol. The molecule has 20 heavy (non-hydrogen) atoms. The van der Waals surface area contributed by atoms with Crippen molar-refractivity contribution in [3.8, 4) is 5.75 Å². The van der Waals surface area contributed by atoms with Gasteiger partial charge in [0.15, 0.2) is 6.61 Å². The first-order valence-electron chi connectivity index (χ1n) is 6.85. The Labute approximate surface area is 129 Å². The third-order valence-corrected chi connectivity index (χ3v) is 3.49. The molecule has 0 unspecified atom stereocenters. The van der Waals surface area contributed by atoms with Crippen molar-refractivity contribution < 1.29 is 9.53 Å². The van der Waals surface area contributed by atoms with Gasteiger partial charge in [-0.05, 0) is 67.1 Å². The van der Waals surface area contributed by atoms with Crippen LogP contribution in [0.1, 0.15) is 18.9 Å². The highest BCUT2D eigenvalue weighted by atomic mass is 79.9. The van der Waals surface area contributed by atoms with Crippen molar-refractivity contribution in [2.75, 3.05) is 33.8 Å². The molecule has 0 atom stereocenters. The average molecular weight is 343 g/mol. The third-order valence-electron chi connectivity index (χ3n) is 2.87. The van der Waals surface area contributed by atoms with E-state index in [4.69, 9.17) is 4.74 Å². The summed E-state index contributed by atoms with van der Waals surface area (Å²) in [7, 11) is 4.03. The van der Waals surface area contributed by atoms with E-state index in [-0.39, 0.29) is 12.5 Å². The highest BCUT2D eigenvalue weighted by Crippen LogP contribution is 2.26. The van der Waals surface area contributed by atoms with Gasteiger partial charge in [-0.3, -0.25) is 4.79 Å². The maximum Gasteiger partial charge on any atom is 0.257 e. The van der Waals surface area contributed by atoms with Crippen molar-refractivity contribution in [1.82, 2.24) is 10.2 Å². The second-order valence-corrected chi connectivity index (χ2v) is 5.77. The predicted octanol–water partition coefficient (Wildman–Crippen LogP) is 2.46. The Bertz CT molecular complexity index is 436. The van der Waals surface area contributed by atoms with Crippen LogP contribution in [0.15, 0.2) is 22.7 Å². The maximum atomic E-state index is 11.6. The van der Waals surface area contributed by atoms with Gasteiger partial charge in [0.2, 0.25) is 0 Å². The lowest BCUT2D eigenvalue weighted by Crippen LogP contribution is -2.31. The lowest BCUT2D eigenvalue weighted by molar-refractivity contribution is -0.123. The Morgan fingerprint density at radius 2 is 2.15 bits per heavy atom. The summed E-state index contributed by atoms with van der Waals surface area (Å²) in [4.78, 5) is 13.7. The summed E-state index contributed by atoms with van der Waals surface area (Å²) in [6.45, 7) is 3.79. The van der Waals surface area contributed by atoms with Crippen LogP contribution in [0.4, 0.5) is 0 Å². The number of ether oxygens (including phenoxy) is 1. The van der Waals surface area contributed by atoms with Crippen LogP contribution in [0.3, 0.4) is 0 Å². The van der Waals surface area contributed by atoms with Crippen molar-refractivity contribution in [1.29, 1.82) is 0 Å². The summed E-state index contributed by atoms with van der Waals surface area (Å²) in [5.41, 5.74) is 1.23. The summed E-state index contributed by atoms with van der Waals surface area (Å²) in [5, 5.41) is 2.84. The molecule has 0 fully saturated rings. The smallest absolute Gasteiger partial charge is 0.257 e. The molecule has 1 N–H and O–H groups in total. The molecule has 1 aromatic rings. The first kappa shape index (κ1) is 17.0. The number of carbonyl (C=O) groups is 1. The minimum absolute atomic E-state index is 0.0477. The van der Waals surface area contributed by atoms with Crippen LogP contribution in [0.2, 0.25) is 0 Å². The molecule has 1 amide bonds. The quantitative estimate of drug-likeness (QED) is 0.738. The molecule has 0 bridgehead atoms. The molecule has 4 nitrogen and oxygen atoms in total. The van der Waals surface area contributed by atoms with Gasteiger partial charge in [-0.25, -0.2) is 0 Å². The Kier molecular flexibility index (Phi) is 7.62. The molecule has 0 aromatic heterocycles. The fourth-order valence-electron chi connectivity index (χ4n) is 1.70. The van der Waals surface area contributed by atoms with Crippen LogP contribution in [0.5, 0.6) is 5.75 Å². The minimum atomic E-state index is -0.0878. The minimum Gasteiger partial charge on any atom is -0.483 e. The number of benzene rings is 1. The molecular formula is C15H23BrN2O2. The molecule has 5 heteroatoms. The van der Waals surface area contributed by atoms with Gasteiger partial charge in [-0.2, -0.15) is 0 Å². The number of amides is 1. The fraction of sp³-hybridized carbons (Fsp3) is 0.533. The highest BCUT2D eigenvalue weighted by molar-refractivity contribution is 9.10. The van der Waals surface area contributed by atoms with E-state index in [0.29, 0.717) is 12.3 Å². The molecule has 1 aromatic carbocycles. The van der Waals surface area contributed by atoms with Gasteiger partial charge in [0.05, 0.1) is 4.47 Å². The zero-order valence-electron chi connectivity index (χ0n) is 12.4. The van der Waals surface area contributed by atoms with Crippen LogP contribution < -0.4 is 10.1 Å². The molecule has 0 spiro atoms. The van der Waals surface area contributed by atoms with E-state index in [1.807, 2.05) is 32.3 Å². The summed E-state index contributed by atoms with van der Waals surface area (Å²) in [5.74, 6) is 0.612. The predicted molar refractivity (Wildman–Crippen MR) is 85.2 cm³/mol. The summed E-state index contributed by atoms with van der Waals surface area (Å²) in [6, 6.07) is 5.92. The summed E-state index contributed by atoms with van der Waals surface area (Å²) < 4.78 is 6.39. The zero-order valence-corrected chi connectivity index (χ0v) is 14.0. The van der Waals surface area contributed by atoms with Gasteiger partial charge in [0.25, 0.3) is 5.91 Å². The van der Waals surface area contributed by atoms with Gasteiger partial charge >= 0.3 is 0 Å². The van der Waals surface area contributed by atoms with Gasteiger partial charge in [-0.15, -0.1) is 0 Å². The normalized spacial score (nSPS) is 10.7. The van der Waals surface area contributed by atoms with E-state index >= 15 is 0 Å². The molecule has 0 saturated carbocycles. The lowest BCUT2D eigenvalue weighted by Gasteiger charge is -2.11. The number of hydrogen-bond acceptors (Lipinski definition) is 3. The maximum absolute atomic E-state index is 11.6. The second kappa shape index (κ2) is 8.97. The van der Waals surface area contributed by atoms with E-state index in [2.05, 4.69) is 33.1 Å².